The molecule has 2 N–H and O–H groups in total. The lowest BCUT2D eigenvalue weighted by molar-refractivity contribution is -0.146. The van der Waals surface area contributed by atoms with Crippen LogP contribution in [0.1, 0.15) is 32.6 Å². The summed E-state index contributed by atoms with van der Waals surface area (Å²) in [5.74, 6) is -1.69. The van der Waals surface area contributed by atoms with Gasteiger partial charge in [0, 0.05) is 13.0 Å². The van der Waals surface area contributed by atoms with Gasteiger partial charge in [-0.1, -0.05) is 19.8 Å². The van der Waals surface area contributed by atoms with Crippen LogP contribution in [-0.4, -0.2) is 129 Å². The normalized spacial score (nSPS) is 10.9. The molecule has 0 aromatic rings. The summed E-state index contributed by atoms with van der Waals surface area (Å²) < 4.78 is 41.9. The number of unbranched alkanes of at least 4 members (excludes halogenated alkanes) is 2. The van der Waals surface area contributed by atoms with Crippen molar-refractivity contribution in [1.29, 1.82) is 0 Å². The van der Waals surface area contributed by atoms with Crippen LogP contribution < -0.4 is 5.32 Å². The number of esters is 1. The number of carbonyl (C=O) groups is 3. The minimum atomic E-state index is -1.12. The van der Waals surface area contributed by atoms with Crippen molar-refractivity contribution in [2.24, 2.45) is 0 Å². The quantitative estimate of drug-likeness (QED) is 0.0999. The van der Waals surface area contributed by atoms with Crippen molar-refractivity contribution in [2.75, 3.05) is 106 Å². The van der Waals surface area contributed by atoms with Crippen LogP contribution in [0.25, 0.3) is 0 Å². The predicted octanol–water partition coefficient (Wildman–Crippen LogP) is 0.427. The van der Waals surface area contributed by atoms with Crippen molar-refractivity contribution >= 4 is 17.8 Å². The highest BCUT2D eigenvalue weighted by Gasteiger charge is 2.03. The van der Waals surface area contributed by atoms with Gasteiger partial charge in [0.2, 0.25) is 5.91 Å². The van der Waals surface area contributed by atoms with Gasteiger partial charge in [0.25, 0.3) is 0 Å². The summed E-state index contributed by atoms with van der Waals surface area (Å²) in [7, 11) is 0. The van der Waals surface area contributed by atoms with Crippen LogP contribution >= 0.6 is 0 Å². The molecule has 13 nitrogen and oxygen atoms in total. The van der Waals surface area contributed by atoms with Crippen LogP contribution in [-0.2, 0) is 52.3 Å². The molecule has 37 heavy (non-hydrogen) atoms. The zero-order valence-corrected chi connectivity index (χ0v) is 22.1. The van der Waals surface area contributed by atoms with Crippen LogP contribution in [0.15, 0.2) is 0 Å². The number of hydrogen-bond donors (Lipinski definition) is 2. The summed E-state index contributed by atoms with van der Waals surface area (Å²) in [5.41, 5.74) is 0. The standard InChI is InChI=1S/C24H45NO12/c1-2-3-4-5-24(29)37-19-18-35-17-16-34-15-14-33-13-12-32-11-10-31-9-8-30-7-6-25-22(26)20-36-21-23(27)28/h2-21H2,1H3,(H,25,26)(H,27,28). The fourth-order valence-electron chi connectivity index (χ4n) is 2.55. The van der Waals surface area contributed by atoms with Gasteiger partial charge in [-0.05, 0) is 6.42 Å². The van der Waals surface area contributed by atoms with E-state index in [9.17, 15) is 14.4 Å². The van der Waals surface area contributed by atoms with E-state index in [4.69, 9.17) is 38.3 Å². The molecular weight excluding hydrogens is 494 g/mol. The topological polar surface area (TPSA) is 157 Å². The van der Waals surface area contributed by atoms with E-state index >= 15 is 0 Å². The molecule has 0 unspecified atom stereocenters. The van der Waals surface area contributed by atoms with Gasteiger partial charge in [-0.3, -0.25) is 9.59 Å². The number of carbonyl (C=O) groups excluding carboxylic acids is 2. The minimum absolute atomic E-state index is 0.172. The van der Waals surface area contributed by atoms with Crippen molar-refractivity contribution in [3.05, 3.63) is 0 Å². The van der Waals surface area contributed by atoms with Crippen molar-refractivity contribution in [3.8, 4) is 0 Å². The number of ether oxygens (including phenoxy) is 8. The Morgan fingerprint density at radius 2 is 1.05 bits per heavy atom. The number of carboxylic acid groups (broad SMARTS) is 1. The second-order valence-corrected chi connectivity index (χ2v) is 7.59. The van der Waals surface area contributed by atoms with E-state index in [1.54, 1.807) is 0 Å². The molecular formula is C24H45NO12. The maximum Gasteiger partial charge on any atom is 0.329 e. The van der Waals surface area contributed by atoms with E-state index < -0.39 is 18.5 Å². The zero-order valence-electron chi connectivity index (χ0n) is 22.1. The summed E-state index contributed by atoms with van der Waals surface area (Å²) in [6, 6.07) is 0. The van der Waals surface area contributed by atoms with Gasteiger partial charge >= 0.3 is 11.9 Å². The molecule has 0 aromatic carbocycles. The molecule has 13 heteroatoms. The van der Waals surface area contributed by atoms with Crippen molar-refractivity contribution in [1.82, 2.24) is 5.32 Å². The highest BCUT2D eigenvalue weighted by atomic mass is 16.6. The molecule has 0 aliphatic heterocycles. The Hall–Kier alpha value is -1.87. The van der Waals surface area contributed by atoms with Gasteiger partial charge in [-0.15, -0.1) is 0 Å². The lowest BCUT2D eigenvalue weighted by atomic mass is 10.2. The first kappa shape index (κ1) is 35.1. The maximum atomic E-state index is 11.4. The second kappa shape index (κ2) is 28.7. The summed E-state index contributed by atoms with van der Waals surface area (Å²) in [6.07, 6.45) is 3.45. The van der Waals surface area contributed by atoms with Gasteiger partial charge in [0.05, 0.1) is 79.3 Å². The third-order valence-electron chi connectivity index (χ3n) is 4.36. The van der Waals surface area contributed by atoms with Crippen LogP contribution in [0.3, 0.4) is 0 Å². The fourth-order valence-corrected chi connectivity index (χ4v) is 2.55. The monoisotopic (exact) mass is 539 g/mol. The van der Waals surface area contributed by atoms with E-state index in [0.717, 1.165) is 19.3 Å². The molecule has 0 atom stereocenters. The largest absolute Gasteiger partial charge is 0.480 e. The lowest BCUT2D eigenvalue weighted by Crippen LogP contribution is -2.31. The summed E-state index contributed by atoms with van der Waals surface area (Å²) in [6.45, 7) is 6.90. The average molecular weight is 540 g/mol. The second-order valence-electron chi connectivity index (χ2n) is 7.59. The predicted molar refractivity (Wildman–Crippen MR) is 131 cm³/mol. The minimum Gasteiger partial charge on any atom is -0.480 e. The molecule has 1 amide bonds. The first-order valence-electron chi connectivity index (χ1n) is 12.7. The highest BCUT2D eigenvalue weighted by molar-refractivity contribution is 5.77. The smallest absolute Gasteiger partial charge is 0.329 e. The SMILES string of the molecule is CCCCCC(=O)OCCOCCOCCOCCOCCOCCOCCNC(=O)COCC(=O)O. The molecule has 0 radical (unpaired) electrons. The molecule has 0 aromatic heterocycles. The van der Waals surface area contributed by atoms with E-state index in [1.165, 1.54) is 0 Å². The van der Waals surface area contributed by atoms with Crippen molar-refractivity contribution in [2.45, 2.75) is 32.6 Å². The lowest BCUT2D eigenvalue weighted by Gasteiger charge is -2.09. The Balaban J connectivity index is 3.14. The molecule has 0 aliphatic rings. The molecule has 0 heterocycles. The Kier molecular flexibility index (Phi) is 27.2. The number of hydrogen-bond acceptors (Lipinski definition) is 11. The van der Waals surface area contributed by atoms with E-state index in [2.05, 4.69) is 17.0 Å². The van der Waals surface area contributed by atoms with Crippen LogP contribution in [0.4, 0.5) is 0 Å². The number of carboxylic acids is 1. The van der Waals surface area contributed by atoms with E-state index in [0.29, 0.717) is 92.2 Å². The van der Waals surface area contributed by atoms with Gasteiger partial charge in [0.15, 0.2) is 0 Å². The van der Waals surface area contributed by atoms with Gasteiger partial charge in [-0.25, -0.2) is 4.79 Å². The summed E-state index contributed by atoms with van der Waals surface area (Å²) in [5, 5.41) is 10.9. The molecule has 0 aliphatic carbocycles. The molecule has 0 saturated carbocycles. The Labute approximate surface area is 219 Å². The highest BCUT2D eigenvalue weighted by Crippen LogP contribution is 2.00. The molecule has 0 fully saturated rings. The first-order chi connectivity index (χ1) is 18.1. The van der Waals surface area contributed by atoms with Gasteiger partial charge < -0.3 is 48.3 Å². The van der Waals surface area contributed by atoms with E-state index in [1.807, 2.05) is 0 Å². The molecule has 0 saturated heterocycles. The Morgan fingerprint density at radius 1 is 0.595 bits per heavy atom. The van der Waals surface area contributed by atoms with Gasteiger partial charge in [-0.2, -0.15) is 0 Å². The first-order valence-corrected chi connectivity index (χ1v) is 12.7. The zero-order chi connectivity index (χ0) is 27.2. The van der Waals surface area contributed by atoms with Crippen LogP contribution in [0.5, 0.6) is 0 Å². The number of aliphatic carboxylic acids is 1. The van der Waals surface area contributed by atoms with Crippen LogP contribution in [0.2, 0.25) is 0 Å². The fraction of sp³-hybridized carbons (Fsp3) is 0.875. The number of nitrogens with one attached hydrogen (secondary N) is 1. The molecule has 0 rings (SSSR count). The molecule has 0 spiro atoms. The number of amides is 1. The third kappa shape index (κ3) is 30.2. The summed E-state index contributed by atoms with van der Waals surface area (Å²) in [4.78, 5) is 33.0. The third-order valence-corrected chi connectivity index (χ3v) is 4.36. The summed E-state index contributed by atoms with van der Waals surface area (Å²) >= 11 is 0. The van der Waals surface area contributed by atoms with Crippen LogP contribution in [0, 0.1) is 0 Å². The number of rotatable bonds is 29. The molecule has 218 valence electrons. The van der Waals surface area contributed by atoms with E-state index in [-0.39, 0.29) is 19.2 Å². The Bertz CT molecular complexity index is 550. The maximum absolute atomic E-state index is 11.4. The molecule has 0 bridgehead atoms. The van der Waals surface area contributed by atoms with Crippen molar-refractivity contribution in [3.63, 3.8) is 0 Å². The van der Waals surface area contributed by atoms with Gasteiger partial charge in [0.1, 0.15) is 19.8 Å². The Morgan fingerprint density at radius 3 is 1.51 bits per heavy atom. The van der Waals surface area contributed by atoms with Crippen molar-refractivity contribution < 1.29 is 57.4 Å². The average Bonchev–Trinajstić information content (AvgIpc) is 2.87.